The molecular formula is C14H14Cl2N4S. The Morgan fingerprint density at radius 1 is 1.19 bits per heavy atom. The molecule has 0 saturated carbocycles. The van der Waals surface area contributed by atoms with Crippen LogP contribution in [-0.4, -0.2) is 26.3 Å². The zero-order valence-electron chi connectivity index (χ0n) is 11.9. The summed E-state index contributed by atoms with van der Waals surface area (Å²) in [6.07, 6.45) is 0. The van der Waals surface area contributed by atoms with Gasteiger partial charge in [0.25, 0.3) is 0 Å². The maximum Gasteiger partial charge on any atom is 0.212 e. The van der Waals surface area contributed by atoms with Crippen molar-refractivity contribution in [1.82, 2.24) is 14.9 Å². The third-order valence-corrected chi connectivity index (χ3v) is 4.98. The molecule has 0 aliphatic carbocycles. The average molecular weight is 341 g/mol. The first-order valence-electron chi connectivity index (χ1n) is 6.49. The Morgan fingerprint density at radius 2 is 1.95 bits per heavy atom. The first kappa shape index (κ1) is 14.9. The summed E-state index contributed by atoms with van der Waals surface area (Å²) in [5.74, 6) is 1.44. The van der Waals surface area contributed by atoms with Gasteiger partial charge in [0, 0.05) is 16.7 Å². The number of fused-ring (bicyclic) bond motifs is 1. The van der Waals surface area contributed by atoms with E-state index in [9.17, 15) is 0 Å². The molecule has 2 heterocycles. The lowest BCUT2D eigenvalue weighted by Crippen LogP contribution is -2.26. The van der Waals surface area contributed by atoms with Crippen molar-refractivity contribution in [2.45, 2.75) is 25.9 Å². The molecule has 7 heteroatoms. The number of thioether (sulfide) groups is 1. The van der Waals surface area contributed by atoms with Crippen LogP contribution in [0.25, 0.3) is 11.4 Å². The molecule has 0 spiro atoms. The number of nitrogens with zero attached hydrogens (tertiary/aromatic N) is 4. The van der Waals surface area contributed by atoms with E-state index in [1.807, 2.05) is 12.1 Å². The second-order valence-corrected chi connectivity index (χ2v) is 7.53. The molecule has 0 amide bonds. The highest BCUT2D eigenvalue weighted by Crippen LogP contribution is 2.36. The van der Waals surface area contributed by atoms with Crippen molar-refractivity contribution in [3.63, 3.8) is 0 Å². The molecule has 1 aliphatic rings. The summed E-state index contributed by atoms with van der Waals surface area (Å²) in [5.41, 5.74) is 1.84. The molecule has 0 radical (unpaired) electrons. The predicted octanol–water partition coefficient (Wildman–Crippen LogP) is 4.61. The molecule has 3 rings (SSSR count). The van der Waals surface area contributed by atoms with E-state index in [0.717, 1.165) is 22.2 Å². The predicted molar refractivity (Wildman–Crippen MR) is 88.5 cm³/mol. The Hall–Kier alpha value is -1.04. The van der Waals surface area contributed by atoms with Gasteiger partial charge in [0.2, 0.25) is 5.16 Å². The molecule has 110 valence electrons. The van der Waals surface area contributed by atoms with Crippen molar-refractivity contribution in [3.8, 4) is 11.4 Å². The number of rotatable bonds is 1. The highest BCUT2D eigenvalue weighted by atomic mass is 35.5. The summed E-state index contributed by atoms with van der Waals surface area (Å²) in [4.78, 5) is 0. The quantitative estimate of drug-likeness (QED) is 0.761. The number of hydrogen-bond acceptors (Lipinski definition) is 4. The SMILES string of the molecule is CC(C)(C)C1=Nn2c(nnc2-c2cccc(Cl)c2Cl)SC1. The summed E-state index contributed by atoms with van der Waals surface area (Å²) in [6.45, 7) is 6.44. The molecule has 0 N–H and O–H groups in total. The Balaban J connectivity index is 2.15. The fourth-order valence-electron chi connectivity index (χ4n) is 1.94. The number of aromatic nitrogens is 3. The van der Waals surface area contributed by atoms with Crippen LogP contribution in [0.2, 0.25) is 10.0 Å². The van der Waals surface area contributed by atoms with Crippen LogP contribution in [0, 0.1) is 5.41 Å². The molecule has 0 unspecified atom stereocenters. The van der Waals surface area contributed by atoms with Gasteiger partial charge in [0.05, 0.1) is 15.8 Å². The number of benzene rings is 1. The lowest BCUT2D eigenvalue weighted by molar-refractivity contribution is 0.574. The third kappa shape index (κ3) is 2.70. The van der Waals surface area contributed by atoms with Gasteiger partial charge in [-0.15, -0.1) is 10.2 Å². The molecule has 1 aliphatic heterocycles. The van der Waals surface area contributed by atoms with Gasteiger partial charge >= 0.3 is 0 Å². The van der Waals surface area contributed by atoms with Gasteiger partial charge in [-0.2, -0.15) is 9.78 Å². The van der Waals surface area contributed by atoms with Crippen LogP contribution in [0.1, 0.15) is 20.8 Å². The minimum Gasteiger partial charge on any atom is -0.187 e. The van der Waals surface area contributed by atoms with Crippen molar-refractivity contribution in [2.75, 3.05) is 5.75 Å². The van der Waals surface area contributed by atoms with Crippen molar-refractivity contribution >= 4 is 40.7 Å². The molecule has 2 aromatic rings. The molecule has 0 saturated heterocycles. The van der Waals surface area contributed by atoms with E-state index in [0.29, 0.717) is 15.9 Å². The summed E-state index contributed by atoms with van der Waals surface area (Å²) in [6, 6.07) is 5.46. The van der Waals surface area contributed by atoms with E-state index in [-0.39, 0.29) is 5.41 Å². The molecule has 1 aromatic heterocycles. The molecular weight excluding hydrogens is 327 g/mol. The van der Waals surface area contributed by atoms with Crippen LogP contribution < -0.4 is 0 Å². The minimum atomic E-state index is 0.00432. The molecule has 1 aromatic carbocycles. The second-order valence-electron chi connectivity index (χ2n) is 5.80. The Bertz CT molecular complexity index is 731. The average Bonchev–Trinajstić information content (AvgIpc) is 2.84. The fraction of sp³-hybridized carbons (Fsp3) is 0.357. The van der Waals surface area contributed by atoms with Gasteiger partial charge in [-0.25, -0.2) is 0 Å². The standard InChI is InChI=1S/C14H14Cl2N4S/c1-14(2,3)10-7-21-13-18-17-12(20(13)19-10)8-5-4-6-9(15)11(8)16/h4-6H,7H2,1-3H3. The fourth-order valence-corrected chi connectivity index (χ4v) is 3.43. The summed E-state index contributed by atoms with van der Waals surface area (Å²) < 4.78 is 1.76. The highest BCUT2D eigenvalue weighted by molar-refractivity contribution is 7.99. The minimum absolute atomic E-state index is 0.00432. The molecule has 4 nitrogen and oxygen atoms in total. The van der Waals surface area contributed by atoms with E-state index < -0.39 is 0 Å². The van der Waals surface area contributed by atoms with Crippen LogP contribution in [0.15, 0.2) is 28.5 Å². The topological polar surface area (TPSA) is 43.1 Å². The summed E-state index contributed by atoms with van der Waals surface area (Å²) in [5, 5.41) is 14.9. The first-order chi connectivity index (χ1) is 9.88. The van der Waals surface area contributed by atoms with Crippen LogP contribution in [0.5, 0.6) is 0 Å². The molecule has 0 atom stereocenters. The summed E-state index contributed by atoms with van der Waals surface area (Å²) in [7, 11) is 0. The molecule has 0 fully saturated rings. The first-order valence-corrected chi connectivity index (χ1v) is 8.23. The zero-order valence-corrected chi connectivity index (χ0v) is 14.2. The smallest absolute Gasteiger partial charge is 0.187 e. The number of hydrogen-bond donors (Lipinski definition) is 0. The van der Waals surface area contributed by atoms with Crippen LogP contribution in [0.4, 0.5) is 0 Å². The largest absolute Gasteiger partial charge is 0.212 e. The highest BCUT2D eigenvalue weighted by Gasteiger charge is 2.27. The van der Waals surface area contributed by atoms with Crippen molar-refractivity contribution in [3.05, 3.63) is 28.2 Å². The molecule has 21 heavy (non-hydrogen) atoms. The van der Waals surface area contributed by atoms with Gasteiger partial charge in [-0.05, 0) is 12.1 Å². The Kier molecular flexibility index (Phi) is 3.76. The van der Waals surface area contributed by atoms with E-state index >= 15 is 0 Å². The van der Waals surface area contributed by atoms with Gasteiger partial charge in [0.1, 0.15) is 0 Å². The van der Waals surface area contributed by atoms with Crippen molar-refractivity contribution in [1.29, 1.82) is 0 Å². The summed E-state index contributed by atoms with van der Waals surface area (Å²) >= 11 is 14.0. The van der Waals surface area contributed by atoms with Crippen LogP contribution in [0.3, 0.4) is 0 Å². The lowest BCUT2D eigenvalue weighted by atomic mass is 9.91. The maximum atomic E-state index is 6.29. The van der Waals surface area contributed by atoms with Crippen LogP contribution >= 0.6 is 35.0 Å². The van der Waals surface area contributed by atoms with Gasteiger partial charge in [-0.1, -0.05) is 61.8 Å². The van der Waals surface area contributed by atoms with Crippen LogP contribution in [-0.2, 0) is 0 Å². The van der Waals surface area contributed by atoms with Gasteiger partial charge < -0.3 is 0 Å². The van der Waals surface area contributed by atoms with Crippen molar-refractivity contribution in [2.24, 2.45) is 10.5 Å². The molecule has 0 bridgehead atoms. The number of halogens is 2. The second kappa shape index (κ2) is 5.30. The Labute approximate surface area is 137 Å². The normalized spacial score (nSPS) is 14.8. The monoisotopic (exact) mass is 340 g/mol. The lowest BCUT2D eigenvalue weighted by Gasteiger charge is -2.24. The van der Waals surface area contributed by atoms with E-state index in [4.69, 9.17) is 28.3 Å². The maximum absolute atomic E-state index is 6.29. The van der Waals surface area contributed by atoms with E-state index in [1.165, 1.54) is 0 Å². The zero-order chi connectivity index (χ0) is 15.2. The van der Waals surface area contributed by atoms with Crippen molar-refractivity contribution < 1.29 is 0 Å². The van der Waals surface area contributed by atoms with Gasteiger partial charge in [-0.3, -0.25) is 0 Å². The Morgan fingerprint density at radius 3 is 2.67 bits per heavy atom. The van der Waals surface area contributed by atoms with E-state index in [2.05, 4.69) is 31.0 Å². The van der Waals surface area contributed by atoms with Gasteiger partial charge in [0.15, 0.2) is 5.82 Å². The third-order valence-electron chi connectivity index (χ3n) is 3.23. The van der Waals surface area contributed by atoms with E-state index in [1.54, 1.807) is 22.5 Å².